The largest absolute Gasteiger partial charge is 0.311 e. The van der Waals surface area contributed by atoms with Crippen molar-refractivity contribution in [2.75, 3.05) is 9.80 Å². The molecule has 0 spiro atoms. The van der Waals surface area contributed by atoms with Gasteiger partial charge in [0.15, 0.2) is 0 Å². The van der Waals surface area contributed by atoms with Gasteiger partial charge in [-0.25, -0.2) is 0 Å². The maximum Gasteiger partial charge on any atom is 0.252 e. The molecule has 0 N–H and O–H groups in total. The predicted molar refractivity (Wildman–Crippen MR) is 268 cm³/mol. The highest BCUT2D eigenvalue weighted by Gasteiger charge is 2.45. The first-order valence-corrected chi connectivity index (χ1v) is 24.1. The summed E-state index contributed by atoms with van der Waals surface area (Å²) < 4.78 is 0. The van der Waals surface area contributed by atoms with Gasteiger partial charge in [0.25, 0.3) is 6.71 Å². The number of anilines is 6. The SMILES string of the molecule is CC(C)(C)c1ccc(N2c3ccc(C4CCCCC4)cc3B3c4cc(C(C)(C)C)ccc4N(c4ccc(C5CCCCC5)cc4)c4cc(C(C)(C)c5ccccc5)cc2c43)cc1. The third kappa shape index (κ3) is 7.22. The van der Waals surface area contributed by atoms with E-state index in [0.29, 0.717) is 11.8 Å². The Morgan fingerprint density at radius 2 is 0.871 bits per heavy atom. The standard InChI is InChI=1S/C59H67BN2/c1-57(2,3)44-27-32-49(33-28-44)62-52-34-26-43(41-20-14-10-15-21-41)36-50(52)60-51-37-46(58(4,5)6)29-35-53(51)61(48-30-24-42(25-31-48)40-18-12-9-13-19-40)54-38-47(39-55(62)56(54)60)59(7,8)45-22-16-11-17-23-45/h11,16-17,22-41H,9-10,12-15,18-21H2,1-8H3. The summed E-state index contributed by atoms with van der Waals surface area (Å²) in [7, 11) is 0. The van der Waals surface area contributed by atoms with Crippen molar-refractivity contribution in [3.05, 3.63) is 161 Å². The summed E-state index contributed by atoms with van der Waals surface area (Å²) in [5.41, 5.74) is 20.2. The van der Waals surface area contributed by atoms with E-state index in [0.717, 1.165) is 0 Å². The van der Waals surface area contributed by atoms with Crippen LogP contribution in [-0.2, 0) is 16.2 Å². The summed E-state index contributed by atoms with van der Waals surface area (Å²) >= 11 is 0. The molecule has 0 amide bonds. The molecular weight excluding hydrogens is 747 g/mol. The van der Waals surface area contributed by atoms with Crippen molar-refractivity contribution in [2.24, 2.45) is 0 Å². The highest BCUT2D eigenvalue weighted by Crippen LogP contribution is 2.48. The van der Waals surface area contributed by atoms with Gasteiger partial charge in [0.2, 0.25) is 0 Å². The lowest BCUT2D eigenvalue weighted by atomic mass is 9.33. The van der Waals surface area contributed by atoms with E-state index >= 15 is 0 Å². The smallest absolute Gasteiger partial charge is 0.252 e. The van der Waals surface area contributed by atoms with Crippen molar-refractivity contribution in [3.63, 3.8) is 0 Å². The molecule has 0 bridgehead atoms. The molecule has 0 radical (unpaired) electrons. The quantitative estimate of drug-likeness (QED) is 0.154. The van der Waals surface area contributed by atoms with Crippen molar-refractivity contribution >= 4 is 57.2 Å². The first-order valence-electron chi connectivity index (χ1n) is 24.1. The number of fused-ring (bicyclic) bond motifs is 4. The van der Waals surface area contributed by atoms with E-state index in [2.05, 4.69) is 193 Å². The Labute approximate surface area is 373 Å². The van der Waals surface area contributed by atoms with Crippen molar-refractivity contribution in [1.82, 2.24) is 0 Å². The van der Waals surface area contributed by atoms with Crippen LogP contribution < -0.4 is 26.2 Å². The molecule has 6 aromatic carbocycles. The normalized spacial score (nSPS) is 17.1. The molecule has 316 valence electrons. The Morgan fingerprint density at radius 1 is 0.403 bits per heavy atom. The molecule has 4 aliphatic rings. The van der Waals surface area contributed by atoms with Gasteiger partial charge in [-0.1, -0.05) is 173 Å². The van der Waals surface area contributed by atoms with Crippen LogP contribution in [0.2, 0.25) is 0 Å². The summed E-state index contributed by atoms with van der Waals surface area (Å²) in [4.78, 5) is 5.28. The lowest BCUT2D eigenvalue weighted by Crippen LogP contribution is -2.61. The van der Waals surface area contributed by atoms with Gasteiger partial charge >= 0.3 is 0 Å². The summed E-state index contributed by atoms with van der Waals surface area (Å²) in [6.07, 6.45) is 13.3. The van der Waals surface area contributed by atoms with Crippen LogP contribution in [-0.4, -0.2) is 6.71 Å². The molecule has 62 heavy (non-hydrogen) atoms. The maximum absolute atomic E-state index is 2.66. The van der Waals surface area contributed by atoms with E-state index < -0.39 is 0 Å². The van der Waals surface area contributed by atoms with Gasteiger partial charge in [-0.15, -0.1) is 0 Å². The fraction of sp³-hybridized carbons (Fsp3) is 0.390. The van der Waals surface area contributed by atoms with E-state index in [1.807, 2.05) is 0 Å². The molecule has 3 heteroatoms. The number of rotatable bonds is 6. The Bertz CT molecular complexity index is 2580. The fourth-order valence-corrected chi connectivity index (χ4v) is 11.6. The molecule has 10 rings (SSSR count). The number of nitrogens with zero attached hydrogens (tertiary/aromatic N) is 2. The summed E-state index contributed by atoms with van der Waals surface area (Å²) in [5.74, 6) is 1.28. The van der Waals surface area contributed by atoms with Crippen molar-refractivity contribution in [3.8, 4) is 0 Å². The third-order valence-corrected chi connectivity index (χ3v) is 15.5. The predicted octanol–water partition coefficient (Wildman–Crippen LogP) is 14.8. The van der Waals surface area contributed by atoms with Crippen LogP contribution in [0.25, 0.3) is 0 Å². The minimum atomic E-state index is -0.248. The van der Waals surface area contributed by atoms with Crippen LogP contribution in [0.3, 0.4) is 0 Å². The Morgan fingerprint density at radius 3 is 1.42 bits per heavy atom. The Hall–Kier alpha value is -5.02. The molecule has 2 fully saturated rings. The molecule has 0 aromatic heterocycles. The lowest BCUT2D eigenvalue weighted by Gasteiger charge is -2.46. The molecule has 2 saturated carbocycles. The van der Waals surface area contributed by atoms with Crippen LogP contribution in [0.15, 0.2) is 127 Å². The summed E-state index contributed by atoms with van der Waals surface area (Å²) in [5, 5.41) is 0. The number of benzene rings is 6. The highest BCUT2D eigenvalue weighted by atomic mass is 15.2. The average molecular weight is 815 g/mol. The zero-order valence-corrected chi connectivity index (χ0v) is 38.8. The Balaban J connectivity index is 1.27. The molecule has 2 aliphatic heterocycles. The maximum atomic E-state index is 2.66. The second-order valence-corrected chi connectivity index (χ2v) is 21.9. The fourth-order valence-electron chi connectivity index (χ4n) is 11.6. The zero-order valence-electron chi connectivity index (χ0n) is 38.8. The average Bonchev–Trinajstić information content (AvgIpc) is 3.29. The van der Waals surface area contributed by atoms with Gasteiger partial charge < -0.3 is 9.80 Å². The summed E-state index contributed by atoms with van der Waals surface area (Å²) in [6, 6.07) is 50.7. The van der Waals surface area contributed by atoms with E-state index in [-0.39, 0.29) is 23.0 Å². The van der Waals surface area contributed by atoms with Crippen LogP contribution in [0.4, 0.5) is 34.1 Å². The number of hydrogen-bond donors (Lipinski definition) is 0. The molecular formula is C59H67BN2. The monoisotopic (exact) mass is 815 g/mol. The molecule has 0 unspecified atom stereocenters. The van der Waals surface area contributed by atoms with Crippen LogP contribution >= 0.6 is 0 Å². The van der Waals surface area contributed by atoms with Gasteiger partial charge in [0, 0.05) is 39.5 Å². The van der Waals surface area contributed by atoms with Gasteiger partial charge in [0.05, 0.1) is 0 Å². The third-order valence-electron chi connectivity index (χ3n) is 15.5. The summed E-state index contributed by atoms with van der Waals surface area (Å²) in [6.45, 7) is 19.0. The highest BCUT2D eigenvalue weighted by molar-refractivity contribution is 7.00. The molecule has 0 atom stereocenters. The zero-order chi connectivity index (χ0) is 43.0. The first-order chi connectivity index (χ1) is 29.8. The van der Waals surface area contributed by atoms with Crippen molar-refractivity contribution in [2.45, 2.75) is 148 Å². The molecule has 2 aliphatic carbocycles. The minimum Gasteiger partial charge on any atom is -0.311 e. The van der Waals surface area contributed by atoms with Gasteiger partial charge in [-0.2, -0.15) is 0 Å². The van der Waals surface area contributed by atoms with E-state index in [1.54, 1.807) is 0 Å². The second kappa shape index (κ2) is 15.7. The van der Waals surface area contributed by atoms with Crippen molar-refractivity contribution < 1.29 is 0 Å². The number of hydrogen-bond acceptors (Lipinski definition) is 2. The Kier molecular flexibility index (Phi) is 10.4. The van der Waals surface area contributed by atoms with E-state index in [9.17, 15) is 0 Å². The second-order valence-electron chi connectivity index (χ2n) is 21.9. The molecule has 2 heterocycles. The van der Waals surface area contributed by atoms with Crippen LogP contribution in [0.5, 0.6) is 0 Å². The van der Waals surface area contributed by atoms with Gasteiger partial charge in [-0.3, -0.25) is 0 Å². The van der Waals surface area contributed by atoms with Crippen LogP contribution in [0, 0.1) is 0 Å². The first kappa shape index (κ1) is 41.0. The van der Waals surface area contributed by atoms with Gasteiger partial charge in [-0.05, 0) is 147 Å². The topological polar surface area (TPSA) is 6.48 Å². The van der Waals surface area contributed by atoms with Crippen molar-refractivity contribution in [1.29, 1.82) is 0 Å². The minimum absolute atomic E-state index is 0.0104. The van der Waals surface area contributed by atoms with Crippen LogP contribution in [0.1, 0.15) is 165 Å². The lowest BCUT2D eigenvalue weighted by molar-refractivity contribution is 0.443. The molecule has 2 nitrogen and oxygen atoms in total. The van der Waals surface area contributed by atoms with E-state index in [4.69, 9.17) is 0 Å². The van der Waals surface area contributed by atoms with E-state index in [1.165, 1.54) is 148 Å². The van der Waals surface area contributed by atoms with Gasteiger partial charge in [0.1, 0.15) is 0 Å². The molecule has 6 aromatic rings. The molecule has 0 saturated heterocycles.